The summed E-state index contributed by atoms with van der Waals surface area (Å²) in [5.74, 6) is 0. The lowest BCUT2D eigenvalue weighted by Crippen LogP contribution is -2.28. The second-order valence-electron chi connectivity index (χ2n) is 2.72. The highest BCUT2D eigenvalue weighted by Gasteiger charge is 2.09. The van der Waals surface area contributed by atoms with Crippen molar-refractivity contribution in [2.45, 2.75) is 13.0 Å². The molecule has 1 aliphatic heterocycles. The predicted molar refractivity (Wildman–Crippen MR) is 49.6 cm³/mol. The molecule has 0 amide bonds. The summed E-state index contributed by atoms with van der Waals surface area (Å²) in [6.45, 7) is 0.898. The quantitative estimate of drug-likeness (QED) is 0.584. The third-order valence-electron chi connectivity index (χ3n) is 1.95. The van der Waals surface area contributed by atoms with Crippen molar-refractivity contribution in [3.05, 3.63) is 35.4 Å². The molecule has 1 aromatic carbocycles. The number of thiocarbonyl (C=S) groups is 1. The van der Waals surface area contributed by atoms with Gasteiger partial charge in [-0.25, -0.2) is 0 Å². The van der Waals surface area contributed by atoms with Gasteiger partial charge in [0.2, 0.25) is 0 Å². The largest absolute Gasteiger partial charge is 0.375 e. The molecular formula is C9H9NS. The highest BCUT2D eigenvalue weighted by atomic mass is 32.1. The molecule has 0 radical (unpaired) electrons. The van der Waals surface area contributed by atoms with Crippen LogP contribution in [0.2, 0.25) is 0 Å². The Morgan fingerprint density at radius 3 is 2.73 bits per heavy atom. The van der Waals surface area contributed by atoms with Gasteiger partial charge in [0.05, 0.1) is 4.99 Å². The molecule has 56 valence electrons. The minimum atomic E-state index is 0.898. The van der Waals surface area contributed by atoms with Crippen molar-refractivity contribution < 1.29 is 0 Å². The van der Waals surface area contributed by atoms with Crippen molar-refractivity contribution in [1.29, 1.82) is 0 Å². The molecule has 0 unspecified atom stereocenters. The maximum absolute atomic E-state index is 5.07. The molecule has 0 spiro atoms. The fourth-order valence-corrected chi connectivity index (χ4v) is 1.56. The fourth-order valence-electron chi connectivity index (χ4n) is 1.33. The summed E-state index contributed by atoms with van der Waals surface area (Å²) in [7, 11) is 0. The summed E-state index contributed by atoms with van der Waals surface area (Å²) in [6, 6.07) is 8.41. The van der Waals surface area contributed by atoms with Crippen molar-refractivity contribution in [3.8, 4) is 0 Å². The van der Waals surface area contributed by atoms with Crippen molar-refractivity contribution in [3.63, 3.8) is 0 Å². The van der Waals surface area contributed by atoms with Gasteiger partial charge in [0, 0.05) is 13.0 Å². The number of hydrogen-bond acceptors (Lipinski definition) is 1. The van der Waals surface area contributed by atoms with Crippen LogP contribution in [0.4, 0.5) is 0 Å². The minimum Gasteiger partial charge on any atom is -0.375 e. The number of nitrogens with one attached hydrogen (secondary N) is 1. The Bertz CT molecular complexity index is 293. The lowest BCUT2D eigenvalue weighted by molar-refractivity contribution is 0.864. The lowest BCUT2D eigenvalue weighted by atomic mass is 10.0. The van der Waals surface area contributed by atoms with Gasteiger partial charge in [-0.1, -0.05) is 36.5 Å². The van der Waals surface area contributed by atoms with Gasteiger partial charge in [0.15, 0.2) is 0 Å². The van der Waals surface area contributed by atoms with Crippen molar-refractivity contribution in [2.24, 2.45) is 0 Å². The number of fused-ring (bicyclic) bond motifs is 1. The van der Waals surface area contributed by atoms with Crippen LogP contribution in [0.5, 0.6) is 0 Å². The SMILES string of the molecule is S=C1Cc2ccccc2CN1. The first-order valence-electron chi connectivity index (χ1n) is 3.70. The van der Waals surface area contributed by atoms with Crippen molar-refractivity contribution >= 4 is 17.2 Å². The summed E-state index contributed by atoms with van der Waals surface area (Å²) >= 11 is 5.07. The Balaban J connectivity index is 2.41. The van der Waals surface area contributed by atoms with E-state index in [1.54, 1.807) is 0 Å². The van der Waals surface area contributed by atoms with Crippen LogP contribution in [0.3, 0.4) is 0 Å². The van der Waals surface area contributed by atoms with Crippen LogP contribution in [0.15, 0.2) is 24.3 Å². The van der Waals surface area contributed by atoms with E-state index in [4.69, 9.17) is 12.2 Å². The van der Waals surface area contributed by atoms with E-state index in [1.165, 1.54) is 11.1 Å². The second kappa shape index (κ2) is 2.62. The second-order valence-corrected chi connectivity index (χ2v) is 3.22. The smallest absolute Gasteiger partial charge is 0.0800 e. The van der Waals surface area contributed by atoms with E-state index in [1.807, 2.05) is 0 Å². The number of benzene rings is 1. The third-order valence-corrected chi connectivity index (χ3v) is 2.23. The molecule has 0 bridgehead atoms. The summed E-state index contributed by atoms with van der Waals surface area (Å²) < 4.78 is 0. The molecular weight excluding hydrogens is 154 g/mol. The zero-order chi connectivity index (χ0) is 7.68. The van der Waals surface area contributed by atoms with Gasteiger partial charge in [-0.05, 0) is 11.1 Å². The maximum Gasteiger partial charge on any atom is 0.0800 e. The number of rotatable bonds is 0. The molecule has 0 fully saturated rings. The van der Waals surface area contributed by atoms with Gasteiger partial charge >= 0.3 is 0 Å². The molecule has 1 N–H and O–H groups in total. The average Bonchev–Trinajstić information content (AvgIpc) is 2.04. The van der Waals surface area contributed by atoms with Gasteiger partial charge in [0.1, 0.15) is 0 Å². The maximum atomic E-state index is 5.07. The molecule has 0 saturated carbocycles. The van der Waals surface area contributed by atoms with E-state index < -0.39 is 0 Å². The van der Waals surface area contributed by atoms with E-state index >= 15 is 0 Å². The summed E-state index contributed by atoms with van der Waals surface area (Å²) in [5, 5.41) is 3.17. The summed E-state index contributed by atoms with van der Waals surface area (Å²) in [5.41, 5.74) is 2.75. The molecule has 0 saturated heterocycles. The van der Waals surface area contributed by atoms with E-state index in [2.05, 4.69) is 29.6 Å². The third kappa shape index (κ3) is 1.26. The Labute approximate surface area is 71.4 Å². The van der Waals surface area contributed by atoms with Gasteiger partial charge in [0.25, 0.3) is 0 Å². The Morgan fingerprint density at radius 2 is 1.91 bits per heavy atom. The Morgan fingerprint density at radius 1 is 1.18 bits per heavy atom. The van der Waals surface area contributed by atoms with Gasteiger partial charge in [-0.3, -0.25) is 0 Å². The molecule has 0 atom stereocenters. The van der Waals surface area contributed by atoms with E-state index in [0.717, 1.165) is 18.0 Å². The highest BCUT2D eigenvalue weighted by molar-refractivity contribution is 7.80. The average molecular weight is 163 g/mol. The molecule has 2 heteroatoms. The van der Waals surface area contributed by atoms with Crippen molar-refractivity contribution in [1.82, 2.24) is 5.32 Å². The zero-order valence-electron chi connectivity index (χ0n) is 6.13. The summed E-state index contributed by atoms with van der Waals surface area (Å²) in [4.78, 5) is 0.962. The van der Waals surface area contributed by atoms with Gasteiger partial charge < -0.3 is 5.32 Å². The predicted octanol–water partition coefficient (Wildman–Crippen LogP) is 1.66. The minimum absolute atomic E-state index is 0.898. The highest BCUT2D eigenvalue weighted by Crippen LogP contribution is 2.13. The van der Waals surface area contributed by atoms with Crippen LogP contribution in [-0.4, -0.2) is 4.99 Å². The van der Waals surface area contributed by atoms with Crippen LogP contribution in [0, 0.1) is 0 Å². The van der Waals surface area contributed by atoms with E-state index in [9.17, 15) is 0 Å². The molecule has 11 heavy (non-hydrogen) atoms. The van der Waals surface area contributed by atoms with Crippen molar-refractivity contribution in [2.75, 3.05) is 0 Å². The van der Waals surface area contributed by atoms with Gasteiger partial charge in [-0.2, -0.15) is 0 Å². The van der Waals surface area contributed by atoms with Crippen LogP contribution in [0.1, 0.15) is 11.1 Å². The first kappa shape index (κ1) is 6.80. The molecule has 1 nitrogen and oxygen atoms in total. The molecule has 1 aliphatic rings. The Kier molecular flexibility index (Phi) is 1.62. The van der Waals surface area contributed by atoms with Gasteiger partial charge in [-0.15, -0.1) is 0 Å². The monoisotopic (exact) mass is 163 g/mol. The van der Waals surface area contributed by atoms with Crippen LogP contribution in [0.25, 0.3) is 0 Å². The fraction of sp³-hybridized carbons (Fsp3) is 0.222. The lowest BCUT2D eigenvalue weighted by Gasteiger charge is -2.17. The standard InChI is InChI=1S/C9H9NS/c11-9-5-7-3-1-2-4-8(7)6-10-9/h1-4H,5-6H2,(H,10,11). The van der Waals surface area contributed by atoms with E-state index in [0.29, 0.717) is 0 Å². The first-order valence-corrected chi connectivity index (χ1v) is 4.10. The topological polar surface area (TPSA) is 12.0 Å². The van der Waals surface area contributed by atoms with Crippen LogP contribution in [-0.2, 0) is 13.0 Å². The van der Waals surface area contributed by atoms with Crippen LogP contribution >= 0.6 is 12.2 Å². The van der Waals surface area contributed by atoms with E-state index in [-0.39, 0.29) is 0 Å². The normalized spacial score (nSPS) is 15.5. The molecule has 2 rings (SSSR count). The molecule has 0 aromatic heterocycles. The molecule has 0 aliphatic carbocycles. The van der Waals surface area contributed by atoms with Crippen LogP contribution < -0.4 is 5.32 Å². The summed E-state index contributed by atoms with van der Waals surface area (Å²) in [6.07, 6.45) is 0.908. The molecule has 1 aromatic rings. The first-order chi connectivity index (χ1) is 5.36. The zero-order valence-corrected chi connectivity index (χ0v) is 6.95. The number of hydrogen-bond donors (Lipinski definition) is 1. The molecule has 1 heterocycles. The Hall–Kier alpha value is -0.890.